The topological polar surface area (TPSA) is 68.0 Å². The maximum absolute atomic E-state index is 12.2. The first-order chi connectivity index (χ1) is 13.5. The van der Waals surface area contributed by atoms with Crippen molar-refractivity contribution in [1.29, 1.82) is 0 Å². The van der Waals surface area contributed by atoms with Gasteiger partial charge in [-0.3, -0.25) is 14.6 Å². The molecular formula is C23H39N3O3. The van der Waals surface area contributed by atoms with E-state index >= 15 is 0 Å². The quantitative estimate of drug-likeness (QED) is 0.555. The zero-order valence-electron chi connectivity index (χ0n) is 19.2. The van der Waals surface area contributed by atoms with Crippen LogP contribution in [0.4, 0.5) is 5.69 Å². The number of anilines is 1. The van der Waals surface area contributed by atoms with Gasteiger partial charge in [-0.1, -0.05) is 6.92 Å². The number of ether oxygens (including phenoxy) is 2. The lowest BCUT2D eigenvalue weighted by molar-refractivity contribution is -0.158. The lowest BCUT2D eigenvalue weighted by Gasteiger charge is -2.44. The van der Waals surface area contributed by atoms with Gasteiger partial charge in [0.15, 0.2) is 0 Å². The fraction of sp³-hybridized carbons (Fsp3) is 0.696. The van der Waals surface area contributed by atoms with Gasteiger partial charge >= 0.3 is 5.97 Å². The Labute approximate surface area is 176 Å². The van der Waals surface area contributed by atoms with E-state index in [1.807, 2.05) is 39.8 Å². The van der Waals surface area contributed by atoms with E-state index in [1.54, 1.807) is 0 Å². The zero-order valence-corrected chi connectivity index (χ0v) is 19.2. The van der Waals surface area contributed by atoms with E-state index in [9.17, 15) is 4.79 Å². The van der Waals surface area contributed by atoms with E-state index in [0.717, 1.165) is 48.6 Å². The molecule has 0 spiro atoms. The van der Waals surface area contributed by atoms with Crippen LogP contribution in [-0.2, 0) is 16.0 Å². The fourth-order valence-electron chi connectivity index (χ4n) is 3.92. The second-order valence-electron chi connectivity index (χ2n) is 9.23. The Morgan fingerprint density at radius 1 is 1.21 bits per heavy atom. The minimum Gasteiger partial charge on any atom is -0.492 e. The lowest BCUT2D eigenvalue weighted by Crippen LogP contribution is -2.58. The third kappa shape index (κ3) is 6.89. The molecule has 1 aliphatic rings. The standard InChI is InChI=1S/C23H39N3O3/c1-8-19-12-20(24)16(2)11-21(19)28-10-9-25-13-17(3)26(18(4)14-25)15-22(27)29-23(5,6)7/h11-12,17-18H,8-10,13-15,24H2,1-7H3/t17-,18+. The number of aryl methyl sites for hydroxylation is 2. The van der Waals surface area contributed by atoms with E-state index in [2.05, 4.69) is 30.6 Å². The van der Waals surface area contributed by atoms with Crippen molar-refractivity contribution in [3.8, 4) is 5.75 Å². The zero-order chi connectivity index (χ0) is 21.8. The highest BCUT2D eigenvalue weighted by Crippen LogP contribution is 2.26. The molecule has 0 bridgehead atoms. The monoisotopic (exact) mass is 405 g/mol. The fourth-order valence-corrected chi connectivity index (χ4v) is 3.92. The molecule has 1 saturated heterocycles. The average Bonchev–Trinajstić information content (AvgIpc) is 2.59. The first-order valence-electron chi connectivity index (χ1n) is 10.7. The number of piperazine rings is 1. The molecule has 1 aromatic carbocycles. The normalized spacial score (nSPS) is 21.2. The summed E-state index contributed by atoms with van der Waals surface area (Å²) in [4.78, 5) is 16.9. The molecule has 2 atom stereocenters. The summed E-state index contributed by atoms with van der Waals surface area (Å²) in [6.45, 7) is 17.9. The number of carbonyl (C=O) groups is 1. The molecule has 0 aromatic heterocycles. The number of carbonyl (C=O) groups excluding carboxylic acids is 1. The molecule has 164 valence electrons. The van der Waals surface area contributed by atoms with Crippen LogP contribution in [0.3, 0.4) is 0 Å². The third-order valence-corrected chi connectivity index (χ3v) is 5.40. The second-order valence-corrected chi connectivity index (χ2v) is 9.23. The molecule has 1 heterocycles. The van der Waals surface area contributed by atoms with E-state index in [0.29, 0.717) is 13.2 Å². The number of nitrogens with zero attached hydrogens (tertiary/aromatic N) is 2. The van der Waals surface area contributed by atoms with Crippen LogP contribution >= 0.6 is 0 Å². The molecule has 1 fully saturated rings. The predicted molar refractivity (Wildman–Crippen MR) is 118 cm³/mol. The van der Waals surface area contributed by atoms with Gasteiger partial charge in [-0.05, 0) is 71.2 Å². The van der Waals surface area contributed by atoms with Crippen LogP contribution in [-0.4, -0.2) is 66.2 Å². The summed E-state index contributed by atoms with van der Waals surface area (Å²) in [6, 6.07) is 4.63. The molecule has 6 nitrogen and oxygen atoms in total. The predicted octanol–water partition coefficient (Wildman–Crippen LogP) is 3.25. The van der Waals surface area contributed by atoms with Crippen LogP contribution < -0.4 is 10.5 Å². The van der Waals surface area contributed by atoms with Crippen molar-refractivity contribution >= 4 is 11.7 Å². The molecule has 2 N–H and O–H groups in total. The molecule has 2 rings (SSSR count). The highest BCUT2D eigenvalue weighted by molar-refractivity contribution is 5.72. The molecule has 1 aromatic rings. The van der Waals surface area contributed by atoms with E-state index in [-0.39, 0.29) is 18.1 Å². The van der Waals surface area contributed by atoms with Crippen molar-refractivity contribution in [3.05, 3.63) is 23.3 Å². The molecular weight excluding hydrogens is 366 g/mol. The third-order valence-electron chi connectivity index (χ3n) is 5.40. The Morgan fingerprint density at radius 2 is 1.83 bits per heavy atom. The number of benzene rings is 1. The largest absolute Gasteiger partial charge is 0.492 e. The van der Waals surface area contributed by atoms with Crippen molar-refractivity contribution < 1.29 is 14.3 Å². The smallest absolute Gasteiger partial charge is 0.320 e. The first-order valence-corrected chi connectivity index (χ1v) is 10.7. The maximum atomic E-state index is 12.2. The summed E-state index contributed by atoms with van der Waals surface area (Å²) in [5, 5.41) is 0. The van der Waals surface area contributed by atoms with Crippen LogP contribution in [0.25, 0.3) is 0 Å². The van der Waals surface area contributed by atoms with Crippen LogP contribution in [0.5, 0.6) is 5.75 Å². The number of nitrogens with two attached hydrogens (primary N) is 1. The van der Waals surface area contributed by atoms with Gasteiger partial charge in [-0.2, -0.15) is 0 Å². The number of hydrogen-bond acceptors (Lipinski definition) is 6. The molecule has 0 unspecified atom stereocenters. The molecule has 0 radical (unpaired) electrons. The minimum absolute atomic E-state index is 0.154. The number of nitrogen functional groups attached to an aromatic ring is 1. The van der Waals surface area contributed by atoms with Crippen molar-refractivity contribution in [1.82, 2.24) is 9.80 Å². The Kier molecular flexibility index (Phi) is 7.94. The summed E-state index contributed by atoms with van der Waals surface area (Å²) < 4.78 is 11.6. The van der Waals surface area contributed by atoms with E-state index in [1.165, 1.54) is 0 Å². The molecule has 0 amide bonds. The number of esters is 1. The summed E-state index contributed by atoms with van der Waals surface area (Å²) in [7, 11) is 0. The SMILES string of the molecule is CCc1cc(N)c(C)cc1OCCN1C[C@@H](C)N(CC(=O)OC(C)(C)C)[C@@H](C)C1. The van der Waals surface area contributed by atoms with Crippen LogP contribution in [0.2, 0.25) is 0 Å². The maximum Gasteiger partial charge on any atom is 0.320 e. The molecule has 0 aliphatic carbocycles. The van der Waals surface area contributed by atoms with Gasteiger partial charge in [0.2, 0.25) is 0 Å². The second kappa shape index (κ2) is 9.81. The van der Waals surface area contributed by atoms with E-state index in [4.69, 9.17) is 15.2 Å². The Bertz CT molecular complexity index is 687. The van der Waals surface area contributed by atoms with E-state index < -0.39 is 5.60 Å². The Hall–Kier alpha value is -1.79. The molecule has 29 heavy (non-hydrogen) atoms. The summed E-state index contributed by atoms with van der Waals surface area (Å²) in [5.41, 5.74) is 8.60. The van der Waals surface area contributed by atoms with Gasteiger partial charge in [0.05, 0.1) is 6.54 Å². The lowest BCUT2D eigenvalue weighted by atomic mass is 10.1. The summed E-state index contributed by atoms with van der Waals surface area (Å²) >= 11 is 0. The van der Waals surface area contributed by atoms with Gasteiger partial charge in [0, 0.05) is 37.4 Å². The average molecular weight is 406 g/mol. The first kappa shape index (κ1) is 23.5. The number of hydrogen-bond donors (Lipinski definition) is 1. The molecule has 6 heteroatoms. The highest BCUT2D eigenvalue weighted by Gasteiger charge is 2.31. The van der Waals surface area contributed by atoms with Gasteiger partial charge in [-0.15, -0.1) is 0 Å². The minimum atomic E-state index is -0.444. The van der Waals surface area contributed by atoms with Gasteiger partial charge in [0.1, 0.15) is 18.0 Å². The highest BCUT2D eigenvalue weighted by atomic mass is 16.6. The summed E-state index contributed by atoms with van der Waals surface area (Å²) in [6.07, 6.45) is 0.900. The van der Waals surface area contributed by atoms with Gasteiger partial charge in [0.25, 0.3) is 0 Å². The van der Waals surface area contributed by atoms with Gasteiger partial charge < -0.3 is 15.2 Å². The van der Waals surface area contributed by atoms with Crippen molar-refractivity contribution in [2.45, 2.75) is 72.6 Å². The van der Waals surface area contributed by atoms with Crippen LogP contribution in [0.1, 0.15) is 52.7 Å². The summed E-state index contributed by atoms with van der Waals surface area (Å²) in [5.74, 6) is 0.780. The van der Waals surface area contributed by atoms with Crippen LogP contribution in [0, 0.1) is 6.92 Å². The Morgan fingerprint density at radius 3 is 2.38 bits per heavy atom. The van der Waals surface area contributed by atoms with Crippen molar-refractivity contribution in [3.63, 3.8) is 0 Å². The van der Waals surface area contributed by atoms with Crippen molar-refractivity contribution in [2.75, 3.05) is 38.5 Å². The van der Waals surface area contributed by atoms with Crippen LogP contribution in [0.15, 0.2) is 12.1 Å². The number of rotatable bonds is 7. The molecule has 1 aliphatic heterocycles. The van der Waals surface area contributed by atoms with Crippen molar-refractivity contribution in [2.24, 2.45) is 0 Å². The Balaban J connectivity index is 1.86. The van der Waals surface area contributed by atoms with Gasteiger partial charge in [-0.25, -0.2) is 0 Å². The molecule has 0 saturated carbocycles.